The van der Waals surface area contributed by atoms with E-state index < -0.39 is 0 Å². The van der Waals surface area contributed by atoms with E-state index in [4.69, 9.17) is 14.5 Å². The number of aromatic nitrogens is 2. The number of rotatable bonds is 4. The molecule has 2 aromatic heterocycles. The minimum Gasteiger partial charge on any atom is -0.454 e. The van der Waals surface area contributed by atoms with E-state index in [1.54, 1.807) is 23.7 Å². The first-order valence-corrected chi connectivity index (χ1v) is 9.76. The summed E-state index contributed by atoms with van der Waals surface area (Å²) in [5.74, 6) is 1.75. The van der Waals surface area contributed by atoms with Crippen LogP contribution in [0.5, 0.6) is 11.5 Å². The van der Waals surface area contributed by atoms with Crippen LogP contribution in [-0.4, -0.2) is 22.7 Å². The van der Waals surface area contributed by atoms with Gasteiger partial charge < -0.3 is 14.8 Å². The Bertz CT molecular complexity index is 1010. The average molecular weight is 379 g/mol. The highest BCUT2D eigenvalue weighted by atomic mass is 32.1. The summed E-state index contributed by atoms with van der Waals surface area (Å²) in [5, 5.41) is 4.95. The van der Waals surface area contributed by atoms with Crippen LogP contribution in [0.3, 0.4) is 0 Å². The number of carbonyl (C=O) groups is 1. The standard InChI is InChI=1S/C20H17N3O3S/c24-20(12-2-1-3-12)22-14-7-19(27-10-14)16-9-21-8-15(23-16)13-4-5-17-18(6-13)26-11-25-17/h4-10,12H,1-3,11H2,(H,22,24). The van der Waals surface area contributed by atoms with Crippen molar-refractivity contribution in [2.24, 2.45) is 5.92 Å². The summed E-state index contributed by atoms with van der Waals surface area (Å²) in [7, 11) is 0. The van der Waals surface area contributed by atoms with Crippen LogP contribution < -0.4 is 14.8 Å². The molecule has 27 heavy (non-hydrogen) atoms. The Morgan fingerprint density at radius 1 is 1.11 bits per heavy atom. The Balaban J connectivity index is 1.38. The molecule has 0 spiro atoms. The number of amides is 1. The number of benzene rings is 1. The molecule has 1 N–H and O–H groups in total. The predicted molar refractivity (Wildman–Crippen MR) is 103 cm³/mol. The second-order valence-electron chi connectivity index (χ2n) is 6.67. The smallest absolute Gasteiger partial charge is 0.231 e. The fourth-order valence-corrected chi connectivity index (χ4v) is 3.93. The Hall–Kier alpha value is -2.93. The molecule has 1 aromatic carbocycles. The number of anilines is 1. The van der Waals surface area contributed by atoms with Crippen molar-refractivity contribution in [1.82, 2.24) is 9.97 Å². The molecular formula is C20H17N3O3S. The largest absolute Gasteiger partial charge is 0.454 e. The zero-order valence-electron chi connectivity index (χ0n) is 14.5. The van der Waals surface area contributed by atoms with E-state index in [0.717, 1.165) is 58.3 Å². The van der Waals surface area contributed by atoms with Crippen LogP contribution >= 0.6 is 11.3 Å². The second-order valence-corrected chi connectivity index (χ2v) is 7.59. The van der Waals surface area contributed by atoms with Crippen molar-refractivity contribution in [2.45, 2.75) is 19.3 Å². The highest BCUT2D eigenvalue weighted by molar-refractivity contribution is 7.14. The molecule has 6 nitrogen and oxygen atoms in total. The first-order valence-electron chi connectivity index (χ1n) is 8.88. The maximum absolute atomic E-state index is 12.1. The molecular weight excluding hydrogens is 362 g/mol. The maximum atomic E-state index is 12.1. The van der Waals surface area contributed by atoms with Gasteiger partial charge in [0.1, 0.15) is 0 Å². The molecule has 3 aromatic rings. The van der Waals surface area contributed by atoms with Crippen molar-refractivity contribution >= 4 is 22.9 Å². The molecule has 1 amide bonds. The highest BCUT2D eigenvalue weighted by Gasteiger charge is 2.25. The minimum atomic E-state index is 0.116. The summed E-state index contributed by atoms with van der Waals surface area (Å²) in [4.78, 5) is 22.2. The van der Waals surface area contributed by atoms with Crippen LogP contribution in [0.15, 0.2) is 42.0 Å². The molecule has 0 unspecified atom stereocenters. The third-order valence-corrected chi connectivity index (χ3v) is 5.85. The van der Waals surface area contributed by atoms with Gasteiger partial charge >= 0.3 is 0 Å². The van der Waals surface area contributed by atoms with Crippen molar-refractivity contribution in [3.8, 4) is 33.3 Å². The van der Waals surface area contributed by atoms with E-state index in [-0.39, 0.29) is 18.6 Å². The third kappa shape index (κ3) is 3.14. The van der Waals surface area contributed by atoms with Gasteiger partial charge in [-0.15, -0.1) is 11.3 Å². The molecule has 0 saturated heterocycles. The lowest BCUT2D eigenvalue weighted by atomic mass is 9.85. The van der Waals surface area contributed by atoms with Crippen LogP contribution in [0.25, 0.3) is 21.8 Å². The predicted octanol–water partition coefficient (Wildman–Crippen LogP) is 4.34. The number of thiophene rings is 1. The van der Waals surface area contributed by atoms with Crippen molar-refractivity contribution in [2.75, 3.05) is 12.1 Å². The van der Waals surface area contributed by atoms with Crippen LogP contribution in [0.1, 0.15) is 19.3 Å². The summed E-state index contributed by atoms with van der Waals surface area (Å²) >= 11 is 1.54. The van der Waals surface area contributed by atoms with E-state index in [0.29, 0.717) is 0 Å². The first kappa shape index (κ1) is 16.3. The van der Waals surface area contributed by atoms with Crippen molar-refractivity contribution in [1.29, 1.82) is 0 Å². The first-order chi connectivity index (χ1) is 13.3. The van der Waals surface area contributed by atoms with E-state index in [1.165, 1.54) is 0 Å². The van der Waals surface area contributed by atoms with Crippen molar-refractivity contribution in [3.05, 3.63) is 42.0 Å². The van der Waals surface area contributed by atoms with Crippen molar-refractivity contribution in [3.63, 3.8) is 0 Å². The normalized spacial score (nSPS) is 15.4. The van der Waals surface area contributed by atoms with Crippen LogP contribution in [0.2, 0.25) is 0 Å². The number of hydrogen-bond donors (Lipinski definition) is 1. The van der Waals surface area contributed by atoms with Crippen LogP contribution in [0, 0.1) is 5.92 Å². The SMILES string of the molecule is O=C(Nc1csc(-c2cncc(-c3ccc4c(c3)OCO4)n2)c1)C1CCC1. The molecule has 0 atom stereocenters. The minimum absolute atomic E-state index is 0.116. The van der Waals surface area contributed by atoms with Gasteiger partial charge in [-0.3, -0.25) is 9.78 Å². The molecule has 2 aliphatic rings. The van der Waals surface area contributed by atoms with Gasteiger partial charge in [0.25, 0.3) is 0 Å². The summed E-state index contributed by atoms with van der Waals surface area (Å²) in [5.41, 5.74) is 3.28. The molecule has 1 saturated carbocycles. The number of carbonyl (C=O) groups excluding carboxylic acids is 1. The second kappa shape index (κ2) is 6.66. The van der Waals surface area contributed by atoms with Gasteiger partial charge in [0.2, 0.25) is 12.7 Å². The van der Waals surface area contributed by atoms with E-state index in [9.17, 15) is 4.79 Å². The average Bonchev–Trinajstić information content (AvgIpc) is 3.28. The molecule has 1 aliphatic carbocycles. The zero-order valence-corrected chi connectivity index (χ0v) is 15.3. The lowest BCUT2D eigenvalue weighted by molar-refractivity contribution is -0.122. The fourth-order valence-electron chi connectivity index (χ4n) is 3.13. The Kier molecular flexibility index (Phi) is 4.01. The van der Waals surface area contributed by atoms with Crippen LogP contribution in [-0.2, 0) is 4.79 Å². The quantitative estimate of drug-likeness (QED) is 0.730. The van der Waals surface area contributed by atoms with Gasteiger partial charge in [0.15, 0.2) is 11.5 Å². The Morgan fingerprint density at radius 2 is 1.96 bits per heavy atom. The van der Waals surface area contributed by atoms with Gasteiger partial charge in [0.05, 0.1) is 34.3 Å². The van der Waals surface area contributed by atoms with E-state index >= 15 is 0 Å². The lowest BCUT2D eigenvalue weighted by Gasteiger charge is -2.23. The van der Waals surface area contributed by atoms with Gasteiger partial charge in [-0.25, -0.2) is 4.98 Å². The van der Waals surface area contributed by atoms with Gasteiger partial charge in [-0.2, -0.15) is 0 Å². The van der Waals surface area contributed by atoms with Gasteiger partial charge in [-0.1, -0.05) is 6.42 Å². The number of hydrogen-bond acceptors (Lipinski definition) is 6. The Labute approximate surface area is 160 Å². The molecule has 7 heteroatoms. The highest BCUT2D eigenvalue weighted by Crippen LogP contribution is 2.36. The number of nitrogens with one attached hydrogen (secondary N) is 1. The summed E-state index contributed by atoms with van der Waals surface area (Å²) < 4.78 is 10.8. The van der Waals surface area contributed by atoms with Gasteiger partial charge in [-0.05, 0) is 37.1 Å². The Morgan fingerprint density at radius 3 is 2.81 bits per heavy atom. The van der Waals surface area contributed by atoms with Gasteiger partial charge in [0, 0.05) is 16.9 Å². The topological polar surface area (TPSA) is 73.3 Å². The molecule has 5 rings (SSSR count). The number of ether oxygens (including phenoxy) is 2. The molecule has 1 fully saturated rings. The molecule has 0 radical (unpaired) electrons. The zero-order chi connectivity index (χ0) is 18.2. The van der Waals surface area contributed by atoms with Crippen LogP contribution in [0.4, 0.5) is 5.69 Å². The fraction of sp³-hybridized carbons (Fsp3) is 0.250. The van der Waals surface area contributed by atoms with E-state index in [2.05, 4.69) is 10.3 Å². The van der Waals surface area contributed by atoms with E-state index in [1.807, 2.05) is 29.6 Å². The maximum Gasteiger partial charge on any atom is 0.231 e. The summed E-state index contributed by atoms with van der Waals surface area (Å²) in [6, 6.07) is 7.69. The number of fused-ring (bicyclic) bond motifs is 1. The summed E-state index contributed by atoms with van der Waals surface area (Å²) in [6.45, 7) is 0.245. The monoisotopic (exact) mass is 379 g/mol. The molecule has 136 valence electrons. The summed E-state index contributed by atoms with van der Waals surface area (Å²) in [6.07, 6.45) is 6.60. The molecule has 1 aliphatic heterocycles. The lowest BCUT2D eigenvalue weighted by Crippen LogP contribution is -2.27. The van der Waals surface area contributed by atoms with Crippen molar-refractivity contribution < 1.29 is 14.3 Å². The molecule has 0 bridgehead atoms. The molecule has 3 heterocycles. The third-order valence-electron chi connectivity index (χ3n) is 4.90. The number of nitrogens with zero attached hydrogens (tertiary/aromatic N) is 2.